The highest BCUT2D eigenvalue weighted by molar-refractivity contribution is 5.94. The van der Waals surface area contributed by atoms with E-state index in [2.05, 4.69) is 0 Å². The minimum absolute atomic E-state index is 0.0834. The Morgan fingerprint density at radius 3 is 2.54 bits per heavy atom. The van der Waals surface area contributed by atoms with Crippen molar-refractivity contribution < 1.29 is 18.9 Å². The monoisotopic (exact) mass is 378 g/mol. The van der Waals surface area contributed by atoms with E-state index in [4.69, 9.17) is 9.68 Å². The van der Waals surface area contributed by atoms with Crippen molar-refractivity contribution in [3.8, 4) is 6.07 Å². The summed E-state index contributed by atoms with van der Waals surface area (Å²) in [7, 11) is 0. The molecule has 2 aromatic carbocycles. The summed E-state index contributed by atoms with van der Waals surface area (Å²) in [4.78, 5) is 14.2. The second-order valence-electron chi connectivity index (χ2n) is 6.25. The quantitative estimate of drug-likeness (QED) is 0.655. The fourth-order valence-electron chi connectivity index (χ4n) is 3.09. The Labute approximate surface area is 163 Å². The second-order valence-corrected chi connectivity index (χ2v) is 6.25. The van der Waals surface area contributed by atoms with Gasteiger partial charge < -0.3 is 14.6 Å². The second kappa shape index (κ2) is 9.49. The first-order valence-electron chi connectivity index (χ1n) is 9.04. The van der Waals surface area contributed by atoms with Crippen molar-refractivity contribution in [3.05, 3.63) is 90.1 Å². The largest absolute Gasteiger partial charge is 0.463 e. The summed E-state index contributed by atoms with van der Waals surface area (Å²) in [6.07, 6.45) is 1.72. The van der Waals surface area contributed by atoms with Crippen molar-refractivity contribution in [1.29, 1.82) is 5.26 Å². The molecule has 0 saturated carbocycles. The van der Waals surface area contributed by atoms with Crippen LogP contribution in [0.25, 0.3) is 0 Å². The molecule has 3 rings (SSSR count). The van der Waals surface area contributed by atoms with Crippen LogP contribution in [-0.4, -0.2) is 19.0 Å². The van der Waals surface area contributed by atoms with Gasteiger partial charge in [-0.1, -0.05) is 42.5 Å². The predicted molar refractivity (Wildman–Crippen MR) is 103 cm³/mol. The number of hydrogen-bond donors (Lipinski definition) is 1. The molecule has 1 heterocycles. The van der Waals surface area contributed by atoms with E-state index < -0.39 is 5.82 Å². The molecule has 1 atom stereocenters. The van der Waals surface area contributed by atoms with Crippen LogP contribution in [0.3, 0.4) is 0 Å². The van der Waals surface area contributed by atoms with Gasteiger partial charge in [-0.25, -0.2) is 4.39 Å². The van der Waals surface area contributed by atoms with Gasteiger partial charge in [0.1, 0.15) is 5.82 Å². The molecule has 2 N–H and O–H groups in total. The fraction of sp³-hybridized carbons (Fsp3) is 0.182. The number of nitrogens with zero attached hydrogens (tertiary/aromatic N) is 2. The Kier molecular flexibility index (Phi) is 6.55. The van der Waals surface area contributed by atoms with E-state index in [0.29, 0.717) is 0 Å². The normalized spacial score (nSPS) is 11.6. The van der Waals surface area contributed by atoms with Crippen molar-refractivity contribution in [1.82, 2.24) is 0 Å². The van der Waals surface area contributed by atoms with E-state index in [1.807, 2.05) is 47.8 Å². The van der Waals surface area contributed by atoms with Gasteiger partial charge in [-0.3, -0.25) is 4.79 Å². The number of nitrogens with two attached hydrogens (primary N) is 1. The maximum atomic E-state index is 14.2. The third-order valence-electron chi connectivity index (χ3n) is 4.43. The van der Waals surface area contributed by atoms with E-state index in [-0.39, 0.29) is 37.1 Å². The maximum absolute atomic E-state index is 14.2. The van der Waals surface area contributed by atoms with Crippen LogP contribution < -0.4 is 10.2 Å². The van der Waals surface area contributed by atoms with Crippen LogP contribution >= 0.6 is 0 Å². The highest BCUT2D eigenvalue weighted by atomic mass is 19.1. The van der Waals surface area contributed by atoms with Crippen LogP contribution in [0, 0.1) is 17.1 Å². The molecule has 1 amide bonds. The first kappa shape index (κ1) is 19.3. The number of furan rings is 1. The Morgan fingerprint density at radius 2 is 1.86 bits per heavy atom. The van der Waals surface area contributed by atoms with Crippen LogP contribution in [0.2, 0.25) is 0 Å². The van der Waals surface area contributed by atoms with E-state index in [9.17, 15) is 9.18 Å². The van der Waals surface area contributed by atoms with E-state index in [0.717, 1.165) is 11.3 Å². The number of carbonyl (C=O) groups excluding carboxylic acids is 1. The van der Waals surface area contributed by atoms with Gasteiger partial charge in [0, 0.05) is 12.1 Å². The molecule has 0 spiro atoms. The molecule has 0 bridgehead atoms. The van der Waals surface area contributed by atoms with Gasteiger partial charge in [-0.15, -0.1) is 0 Å². The lowest BCUT2D eigenvalue weighted by atomic mass is 10.0. The van der Waals surface area contributed by atoms with Crippen molar-refractivity contribution >= 4 is 11.6 Å². The average Bonchev–Trinajstić information content (AvgIpc) is 3.25. The molecule has 0 fully saturated rings. The highest BCUT2D eigenvalue weighted by Gasteiger charge is 2.25. The van der Waals surface area contributed by atoms with Crippen molar-refractivity contribution in [3.63, 3.8) is 0 Å². The number of nitriles is 1. The topological polar surface area (TPSA) is 73.8 Å². The first-order valence-corrected chi connectivity index (χ1v) is 9.04. The summed E-state index contributed by atoms with van der Waals surface area (Å²) in [5.41, 5.74) is 1.19. The van der Waals surface area contributed by atoms with Gasteiger partial charge in [0.2, 0.25) is 0 Å². The SMILES string of the molecule is N#CCCN(C(=O)C[NH2+][C@H](c1ccccc1)c1ccco1)c1ccccc1F. The molecule has 28 heavy (non-hydrogen) atoms. The van der Waals surface area contributed by atoms with Crippen LogP contribution in [0.1, 0.15) is 23.8 Å². The van der Waals surface area contributed by atoms with Crippen molar-refractivity contribution in [2.45, 2.75) is 12.5 Å². The van der Waals surface area contributed by atoms with Crippen molar-refractivity contribution in [2.24, 2.45) is 0 Å². The summed E-state index contributed by atoms with van der Waals surface area (Å²) in [5, 5.41) is 10.8. The Hall–Kier alpha value is -3.43. The molecule has 0 aliphatic carbocycles. The van der Waals surface area contributed by atoms with Gasteiger partial charge in [-0.2, -0.15) is 5.26 Å². The highest BCUT2D eigenvalue weighted by Crippen LogP contribution is 2.20. The zero-order valence-electron chi connectivity index (χ0n) is 15.3. The Morgan fingerprint density at radius 1 is 1.11 bits per heavy atom. The summed E-state index contributed by atoms with van der Waals surface area (Å²) in [5.74, 6) is -0.0271. The number of para-hydroxylation sites is 1. The first-order chi connectivity index (χ1) is 13.7. The number of halogens is 1. The molecule has 0 aliphatic heterocycles. The number of anilines is 1. The predicted octanol–water partition coefficient (Wildman–Crippen LogP) is 3.02. The maximum Gasteiger partial charge on any atom is 0.282 e. The van der Waals surface area contributed by atoms with E-state index >= 15 is 0 Å². The van der Waals surface area contributed by atoms with Crippen LogP contribution in [0.4, 0.5) is 10.1 Å². The summed E-state index contributed by atoms with van der Waals surface area (Å²) < 4.78 is 19.8. The number of benzene rings is 2. The lowest BCUT2D eigenvalue weighted by Gasteiger charge is -2.22. The lowest BCUT2D eigenvalue weighted by Crippen LogP contribution is -2.87. The molecule has 0 unspecified atom stereocenters. The molecular formula is C22H21FN3O2+. The van der Waals surface area contributed by atoms with E-state index in [1.165, 1.54) is 11.0 Å². The minimum atomic E-state index is -0.487. The number of amides is 1. The van der Waals surface area contributed by atoms with Gasteiger partial charge >= 0.3 is 0 Å². The molecule has 0 aliphatic rings. The van der Waals surface area contributed by atoms with Crippen LogP contribution in [0.15, 0.2) is 77.4 Å². The molecule has 0 radical (unpaired) electrons. The minimum Gasteiger partial charge on any atom is -0.463 e. The van der Waals surface area contributed by atoms with Crippen molar-refractivity contribution in [2.75, 3.05) is 18.0 Å². The van der Waals surface area contributed by atoms with Gasteiger partial charge in [-0.05, 0) is 24.3 Å². The molecular weight excluding hydrogens is 357 g/mol. The molecule has 142 valence electrons. The third kappa shape index (κ3) is 4.64. The lowest BCUT2D eigenvalue weighted by molar-refractivity contribution is -0.678. The van der Waals surface area contributed by atoms with Gasteiger partial charge in [0.05, 0.1) is 24.4 Å². The number of quaternary nitrogens is 1. The third-order valence-corrected chi connectivity index (χ3v) is 4.43. The molecule has 0 saturated heterocycles. The van der Waals surface area contributed by atoms with Gasteiger partial charge in [0.25, 0.3) is 5.91 Å². The number of hydrogen-bond acceptors (Lipinski definition) is 3. The van der Waals surface area contributed by atoms with E-state index in [1.54, 1.807) is 30.5 Å². The standard InChI is InChI=1S/C22H20FN3O2/c23-18-10-4-5-11-19(18)26(14-7-13-24)21(27)16-25-22(20-12-6-15-28-20)17-8-2-1-3-9-17/h1-6,8-12,15,22,25H,7,14,16H2/p+1/t22-/m1/s1. The Bertz CT molecular complexity index is 936. The van der Waals surface area contributed by atoms with Gasteiger partial charge in [0.15, 0.2) is 18.3 Å². The fourth-order valence-corrected chi connectivity index (χ4v) is 3.09. The summed E-state index contributed by atoms with van der Waals surface area (Å²) in [6, 6.07) is 21.3. The molecule has 3 aromatic rings. The number of carbonyl (C=O) groups is 1. The summed E-state index contributed by atoms with van der Waals surface area (Å²) >= 11 is 0. The Balaban J connectivity index is 1.78. The average molecular weight is 378 g/mol. The summed E-state index contributed by atoms with van der Waals surface area (Å²) in [6.45, 7) is 0.223. The molecule has 1 aromatic heterocycles. The zero-order valence-corrected chi connectivity index (χ0v) is 15.3. The molecule has 6 heteroatoms. The van der Waals surface area contributed by atoms with Crippen LogP contribution in [0.5, 0.6) is 0 Å². The zero-order chi connectivity index (χ0) is 19.8. The number of rotatable bonds is 8. The molecule has 5 nitrogen and oxygen atoms in total. The smallest absolute Gasteiger partial charge is 0.282 e. The van der Waals surface area contributed by atoms with Crippen LogP contribution in [-0.2, 0) is 4.79 Å².